The van der Waals surface area contributed by atoms with Gasteiger partial charge in [-0.25, -0.2) is 23.4 Å². The molecule has 3 heterocycles. The summed E-state index contributed by atoms with van der Waals surface area (Å²) in [5.74, 6) is -1.99. The molecule has 0 radical (unpaired) electrons. The average molecular weight is 673 g/mol. The van der Waals surface area contributed by atoms with Gasteiger partial charge in [0.2, 0.25) is 5.92 Å². The van der Waals surface area contributed by atoms with Crippen molar-refractivity contribution in [1.82, 2.24) is 14.5 Å². The van der Waals surface area contributed by atoms with Gasteiger partial charge in [-0.3, -0.25) is 9.47 Å². The molecule has 1 saturated carbocycles. The predicted molar refractivity (Wildman–Crippen MR) is 186 cm³/mol. The van der Waals surface area contributed by atoms with Crippen LogP contribution < -0.4 is 10.1 Å². The number of likely N-dealkylation sites (tertiary alicyclic amines) is 1. The normalized spacial score (nSPS) is 18.1. The van der Waals surface area contributed by atoms with Crippen molar-refractivity contribution in [3.8, 4) is 5.75 Å². The fourth-order valence-corrected chi connectivity index (χ4v) is 6.88. The summed E-state index contributed by atoms with van der Waals surface area (Å²) < 4.78 is 46.5. The van der Waals surface area contributed by atoms with Crippen LogP contribution in [0.25, 0.3) is 10.9 Å². The number of methoxy groups -OCH3 is 2. The van der Waals surface area contributed by atoms with Gasteiger partial charge in [-0.2, -0.15) is 0 Å². The van der Waals surface area contributed by atoms with E-state index < -0.39 is 29.0 Å². The van der Waals surface area contributed by atoms with Crippen molar-refractivity contribution in [2.45, 2.75) is 112 Å². The van der Waals surface area contributed by atoms with Crippen molar-refractivity contribution in [3.05, 3.63) is 52.8 Å². The molecule has 1 aromatic carbocycles. The smallest absolute Gasteiger partial charge is 0.419 e. The number of anilines is 1. The van der Waals surface area contributed by atoms with Gasteiger partial charge in [-0.1, -0.05) is 33.8 Å². The van der Waals surface area contributed by atoms with Crippen LogP contribution in [-0.4, -0.2) is 65.3 Å². The van der Waals surface area contributed by atoms with Gasteiger partial charge in [0.05, 0.1) is 19.7 Å². The molecule has 266 valence electrons. The Labute approximate surface area is 284 Å². The number of hydrogen-bond donors (Lipinski definition) is 1. The summed E-state index contributed by atoms with van der Waals surface area (Å²) in [6, 6.07) is 7.03. The number of esters is 1. The Balaban J connectivity index is 0.00000151. The summed E-state index contributed by atoms with van der Waals surface area (Å²) in [6.07, 6.45) is 2.14. The third-order valence-electron chi connectivity index (χ3n) is 8.69. The fourth-order valence-electron chi connectivity index (χ4n) is 6.88. The van der Waals surface area contributed by atoms with E-state index in [1.165, 1.54) is 11.7 Å². The monoisotopic (exact) mass is 672 g/mol. The van der Waals surface area contributed by atoms with E-state index in [4.69, 9.17) is 14.2 Å². The largest absolute Gasteiger partial charge is 0.496 e. The number of fused-ring (bicyclic) bond motifs is 1. The summed E-state index contributed by atoms with van der Waals surface area (Å²) in [4.78, 5) is 32.3. The maximum atomic E-state index is 14.3. The molecule has 2 aromatic heterocycles. The van der Waals surface area contributed by atoms with Crippen molar-refractivity contribution < 1.29 is 32.6 Å². The first-order chi connectivity index (χ1) is 22.7. The van der Waals surface area contributed by atoms with Crippen LogP contribution in [0.5, 0.6) is 5.75 Å². The second-order valence-corrected chi connectivity index (χ2v) is 13.1. The molecule has 2 aliphatic rings. The lowest BCUT2D eigenvalue weighted by Crippen LogP contribution is -2.53. The molecule has 11 heteroatoms. The molecule has 5 rings (SSSR count). The van der Waals surface area contributed by atoms with Crippen LogP contribution in [-0.2, 0) is 16.0 Å². The van der Waals surface area contributed by atoms with E-state index in [1.54, 1.807) is 19.4 Å². The quantitative estimate of drug-likeness (QED) is 0.248. The standard InChI is InChI=1S/C33H42F2N4O5.2C2H6/c1-8-36-28-22(9-10-24(37-28)29(40)43-7)25-16-32(18-33(34,35)19-32)12-14-38(25)17-23-21-11-13-39(30(41)44-31(3,4)5)27(21)20(2)15-26(23)42-6;2*1-2/h9-11,13,15,25H,8,12,14,16-19H2,1-7H3,(H,36,37);2*1-2H3. The van der Waals surface area contributed by atoms with E-state index in [0.717, 1.165) is 27.6 Å². The van der Waals surface area contributed by atoms with Crippen LogP contribution in [0.4, 0.5) is 19.4 Å². The maximum absolute atomic E-state index is 14.3. The summed E-state index contributed by atoms with van der Waals surface area (Å²) in [6.45, 7) is 18.9. The molecule has 1 aliphatic carbocycles. The van der Waals surface area contributed by atoms with Crippen LogP contribution >= 0.6 is 0 Å². The number of piperidine rings is 1. The summed E-state index contributed by atoms with van der Waals surface area (Å²) in [5.41, 5.74) is 2.36. The van der Waals surface area contributed by atoms with Crippen molar-refractivity contribution >= 4 is 28.8 Å². The third-order valence-corrected chi connectivity index (χ3v) is 8.69. The van der Waals surface area contributed by atoms with Gasteiger partial charge >= 0.3 is 12.1 Å². The third kappa shape index (κ3) is 8.28. The van der Waals surface area contributed by atoms with Gasteiger partial charge in [0.25, 0.3) is 0 Å². The van der Waals surface area contributed by atoms with Crippen molar-refractivity contribution in [2.24, 2.45) is 5.41 Å². The number of aromatic nitrogens is 2. The van der Waals surface area contributed by atoms with E-state index in [9.17, 15) is 18.4 Å². The molecule has 1 N–H and O–H groups in total. The van der Waals surface area contributed by atoms with Crippen molar-refractivity contribution in [3.63, 3.8) is 0 Å². The van der Waals surface area contributed by atoms with Gasteiger partial charge in [-0.05, 0) is 83.2 Å². The molecule has 0 bridgehead atoms. The van der Waals surface area contributed by atoms with Crippen LogP contribution in [0.1, 0.15) is 114 Å². The molecule has 1 spiro atoms. The highest BCUT2D eigenvalue weighted by Crippen LogP contribution is 2.61. The van der Waals surface area contributed by atoms with Gasteiger partial charge < -0.3 is 19.5 Å². The lowest BCUT2D eigenvalue weighted by atomic mass is 9.59. The maximum Gasteiger partial charge on any atom is 0.419 e. The van der Waals surface area contributed by atoms with E-state index in [1.807, 2.05) is 80.5 Å². The SMILES string of the molecule is CC.CC.CCNc1nc(C(=O)OC)ccc1C1CC2(CCN1Cc1c(OC)cc(C)c3c1ccn3C(=O)OC(C)(C)C)CC(F)(F)C2. The first-order valence-electron chi connectivity index (χ1n) is 17.1. The Morgan fingerprint density at radius 1 is 1.08 bits per heavy atom. The zero-order valence-corrected chi connectivity index (χ0v) is 30.6. The zero-order valence-electron chi connectivity index (χ0n) is 30.6. The van der Waals surface area contributed by atoms with E-state index in [-0.39, 0.29) is 24.6 Å². The molecule has 0 amide bonds. The number of rotatable bonds is 7. The number of aryl methyl sites for hydroxylation is 1. The van der Waals surface area contributed by atoms with Gasteiger partial charge in [0, 0.05) is 54.7 Å². The number of ether oxygens (including phenoxy) is 3. The van der Waals surface area contributed by atoms with Gasteiger partial charge in [0.15, 0.2) is 5.69 Å². The number of nitrogens with one attached hydrogen (secondary N) is 1. The van der Waals surface area contributed by atoms with Gasteiger partial charge in [0.1, 0.15) is 17.2 Å². The van der Waals surface area contributed by atoms with E-state index in [2.05, 4.69) is 15.2 Å². The Morgan fingerprint density at radius 3 is 2.31 bits per heavy atom. The number of carbonyl (C=O) groups is 2. The van der Waals surface area contributed by atoms with Crippen LogP contribution in [0.2, 0.25) is 0 Å². The summed E-state index contributed by atoms with van der Waals surface area (Å²) in [5, 5.41) is 4.13. The molecule has 48 heavy (non-hydrogen) atoms. The molecule has 1 saturated heterocycles. The highest BCUT2D eigenvalue weighted by molar-refractivity contribution is 5.95. The topological polar surface area (TPSA) is 94.9 Å². The van der Waals surface area contributed by atoms with Crippen LogP contribution in [0.3, 0.4) is 0 Å². The Morgan fingerprint density at radius 2 is 1.75 bits per heavy atom. The minimum atomic E-state index is -2.65. The van der Waals surface area contributed by atoms with Gasteiger partial charge in [-0.15, -0.1) is 0 Å². The zero-order chi connectivity index (χ0) is 36.0. The number of carbonyl (C=O) groups excluding carboxylic acids is 2. The second kappa shape index (κ2) is 15.7. The molecule has 2 fully saturated rings. The highest BCUT2D eigenvalue weighted by atomic mass is 19.3. The Hall–Kier alpha value is -3.73. The summed E-state index contributed by atoms with van der Waals surface area (Å²) in [7, 11) is 2.92. The molecular formula is C37H54F2N4O5. The van der Waals surface area contributed by atoms with Crippen molar-refractivity contribution in [2.75, 3.05) is 32.6 Å². The number of benzene rings is 1. The summed E-state index contributed by atoms with van der Waals surface area (Å²) >= 11 is 0. The molecular weight excluding hydrogens is 618 g/mol. The first kappa shape index (κ1) is 38.7. The Kier molecular flexibility index (Phi) is 12.6. The molecule has 1 unspecified atom stereocenters. The molecule has 1 atom stereocenters. The molecule has 1 aliphatic heterocycles. The molecule has 9 nitrogen and oxygen atoms in total. The number of hydrogen-bond acceptors (Lipinski definition) is 8. The number of pyridine rings is 1. The second-order valence-electron chi connectivity index (χ2n) is 13.1. The number of nitrogens with zero attached hydrogens (tertiary/aromatic N) is 3. The number of halogens is 2. The van der Waals surface area contributed by atoms with Crippen LogP contribution in [0.15, 0.2) is 30.5 Å². The Bertz CT molecular complexity index is 1570. The van der Waals surface area contributed by atoms with Crippen LogP contribution in [0, 0.1) is 12.3 Å². The minimum absolute atomic E-state index is 0.134. The number of alkyl halides is 2. The average Bonchev–Trinajstić information content (AvgIpc) is 3.49. The first-order valence-corrected chi connectivity index (χ1v) is 17.1. The van der Waals surface area contributed by atoms with E-state index >= 15 is 0 Å². The predicted octanol–water partition coefficient (Wildman–Crippen LogP) is 9.16. The lowest BCUT2D eigenvalue weighted by molar-refractivity contribution is -0.186. The van der Waals surface area contributed by atoms with E-state index in [0.29, 0.717) is 44.0 Å². The molecule has 3 aromatic rings. The fraction of sp³-hybridized carbons (Fsp3) is 0.595. The highest BCUT2D eigenvalue weighted by Gasteiger charge is 2.58. The minimum Gasteiger partial charge on any atom is -0.496 e. The lowest BCUT2D eigenvalue weighted by Gasteiger charge is -2.54. The van der Waals surface area contributed by atoms with Crippen molar-refractivity contribution in [1.29, 1.82) is 0 Å².